The highest BCUT2D eigenvalue weighted by Gasteiger charge is 2.27. The highest BCUT2D eigenvalue weighted by Crippen LogP contribution is 2.19. The zero-order valence-electron chi connectivity index (χ0n) is 16.6. The molecular formula is C20H32N4O2. The molecule has 0 radical (unpaired) electrons. The van der Waals surface area contributed by atoms with E-state index in [1.807, 2.05) is 24.8 Å². The van der Waals surface area contributed by atoms with Crippen LogP contribution in [0.1, 0.15) is 31.4 Å². The van der Waals surface area contributed by atoms with Crippen molar-refractivity contribution in [2.75, 3.05) is 33.8 Å². The number of amides is 1. The van der Waals surface area contributed by atoms with Gasteiger partial charge in [0.15, 0.2) is 5.96 Å². The molecule has 6 nitrogen and oxygen atoms in total. The molecule has 1 unspecified atom stereocenters. The largest absolute Gasteiger partial charge is 0.496 e. The predicted molar refractivity (Wildman–Crippen MR) is 106 cm³/mol. The molecule has 1 heterocycles. The summed E-state index contributed by atoms with van der Waals surface area (Å²) in [5, 5.41) is 6.79. The third-order valence-electron chi connectivity index (χ3n) is 4.68. The average Bonchev–Trinajstić information content (AvgIpc) is 3.08. The fraction of sp³-hybridized carbons (Fsp3) is 0.600. The van der Waals surface area contributed by atoms with Gasteiger partial charge in [-0.1, -0.05) is 31.5 Å². The van der Waals surface area contributed by atoms with Crippen molar-refractivity contribution in [2.24, 2.45) is 10.9 Å². The molecule has 2 rings (SSSR count). The summed E-state index contributed by atoms with van der Waals surface area (Å²) in [7, 11) is 3.47. The Labute approximate surface area is 157 Å². The Morgan fingerprint density at radius 1 is 1.42 bits per heavy atom. The Hall–Kier alpha value is -2.24. The maximum atomic E-state index is 12.1. The molecule has 1 aliphatic rings. The summed E-state index contributed by atoms with van der Waals surface area (Å²) in [6.07, 6.45) is 1.80. The quantitative estimate of drug-likeness (QED) is 0.601. The number of nitrogens with zero attached hydrogens (tertiary/aromatic N) is 2. The third kappa shape index (κ3) is 5.38. The molecule has 144 valence electrons. The van der Waals surface area contributed by atoms with Crippen molar-refractivity contribution >= 4 is 11.9 Å². The van der Waals surface area contributed by atoms with Crippen LogP contribution in [-0.2, 0) is 11.2 Å². The molecule has 1 saturated heterocycles. The molecule has 6 heteroatoms. The first-order chi connectivity index (χ1) is 12.4. The van der Waals surface area contributed by atoms with E-state index in [0.29, 0.717) is 0 Å². The fourth-order valence-electron chi connectivity index (χ4n) is 3.25. The van der Waals surface area contributed by atoms with Crippen LogP contribution in [0.4, 0.5) is 0 Å². The number of methoxy groups -OCH3 is 1. The van der Waals surface area contributed by atoms with Gasteiger partial charge in [0, 0.05) is 38.6 Å². The lowest BCUT2D eigenvalue weighted by molar-refractivity contribution is -0.133. The van der Waals surface area contributed by atoms with Crippen molar-refractivity contribution in [1.82, 2.24) is 15.5 Å². The highest BCUT2D eigenvalue weighted by molar-refractivity contribution is 5.81. The van der Waals surface area contributed by atoms with Crippen molar-refractivity contribution < 1.29 is 9.53 Å². The molecule has 1 aliphatic heterocycles. The van der Waals surface area contributed by atoms with Gasteiger partial charge >= 0.3 is 0 Å². The Balaban J connectivity index is 1.82. The van der Waals surface area contributed by atoms with E-state index in [2.05, 4.69) is 34.7 Å². The Kier molecular flexibility index (Phi) is 7.30. The lowest BCUT2D eigenvalue weighted by Gasteiger charge is -2.20. The van der Waals surface area contributed by atoms with Gasteiger partial charge < -0.3 is 20.3 Å². The van der Waals surface area contributed by atoms with Crippen LogP contribution in [0, 0.1) is 12.8 Å². The number of hydrogen-bond donors (Lipinski definition) is 2. The van der Waals surface area contributed by atoms with E-state index < -0.39 is 0 Å². The van der Waals surface area contributed by atoms with E-state index >= 15 is 0 Å². The van der Waals surface area contributed by atoms with E-state index in [1.165, 1.54) is 11.1 Å². The summed E-state index contributed by atoms with van der Waals surface area (Å²) in [6, 6.07) is 6.47. The van der Waals surface area contributed by atoms with E-state index in [1.54, 1.807) is 14.2 Å². The fourth-order valence-corrected chi connectivity index (χ4v) is 3.25. The number of ether oxygens (including phenoxy) is 1. The molecule has 0 bridgehead atoms. The standard InChI is InChI=1S/C20H32N4O2/c1-14(2)19(25)24-11-9-17(13-24)23-20(21-4)22-10-8-16-12-15(3)6-7-18(16)26-5/h6-7,12,14,17H,8-11,13H2,1-5H3,(H2,21,22,23). The normalized spacial score (nSPS) is 17.5. The maximum absolute atomic E-state index is 12.1. The number of rotatable bonds is 6. The van der Waals surface area contributed by atoms with Gasteiger partial charge in [-0.05, 0) is 31.4 Å². The number of carbonyl (C=O) groups is 1. The van der Waals surface area contributed by atoms with Crippen molar-refractivity contribution in [3.8, 4) is 5.75 Å². The van der Waals surface area contributed by atoms with Crippen molar-refractivity contribution in [1.29, 1.82) is 0 Å². The number of hydrogen-bond acceptors (Lipinski definition) is 3. The molecule has 1 fully saturated rings. The van der Waals surface area contributed by atoms with Crippen LogP contribution in [0.15, 0.2) is 23.2 Å². The molecule has 0 spiro atoms. The lowest BCUT2D eigenvalue weighted by Crippen LogP contribution is -2.45. The van der Waals surface area contributed by atoms with Crippen LogP contribution >= 0.6 is 0 Å². The highest BCUT2D eigenvalue weighted by atomic mass is 16.5. The monoisotopic (exact) mass is 360 g/mol. The minimum Gasteiger partial charge on any atom is -0.496 e. The van der Waals surface area contributed by atoms with E-state index in [4.69, 9.17) is 4.74 Å². The van der Waals surface area contributed by atoms with Gasteiger partial charge in [-0.3, -0.25) is 9.79 Å². The lowest BCUT2D eigenvalue weighted by atomic mass is 10.1. The first-order valence-electron chi connectivity index (χ1n) is 9.34. The third-order valence-corrected chi connectivity index (χ3v) is 4.68. The number of nitrogens with one attached hydrogen (secondary N) is 2. The molecular weight excluding hydrogens is 328 g/mol. The minimum absolute atomic E-state index is 0.0514. The van der Waals surface area contributed by atoms with Gasteiger partial charge in [0.1, 0.15) is 5.75 Å². The first kappa shape index (κ1) is 20.1. The maximum Gasteiger partial charge on any atom is 0.225 e. The molecule has 0 saturated carbocycles. The summed E-state index contributed by atoms with van der Waals surface area (Å²) in [5.41, 5.74) is 2.41. The summed E-state index contributed by atoms with van der Waals surface area (Å²) < 4.78 is 5.43. The van der Waals surface area contributed by atoms with Crippen LogP contribution in [0.3, 0.4) is 0 Å². The van der Waals surface area contributed by atoms with Crippen molar-refractivity contribution in [2.45, 2.75) is 39.7 Å². The van der Waals surface area contributed by atoms with Gasteiger partial charge in [-0.15, -0.1) is 0 Å². The van der Waals surface area contributed by atoms with E-state index in [9.17, 15) is 4.79 Å². The van der Waals surface area contributed by atoms with E-state index in [0.717, 1.165) is 44.2 Å². The van der Waals surface area contributed by atoms with Gasteiger partial charge in [0.25, 0.3) is 0 Å². The molecule has 1 aromatic carbocycles. The Morgan fingerprint density at radius 3 is 2.85 bits per heavy atom. The van der Waals surface area contributed by atoms with Gasteiger partial charge in [-0.25, -0.2) is 0 Å². The van der Waals surface area contributed by atoms with Crippen molar-refractivity contribution in [3.05, 3.63) is 29.3 Å². The number of guanidine groups is 1. The van der Waals surface area contributed by atoms with Crippen LogP contribution in [-0.4, -0.2) is 56.6 Å². The second-order valence-electron chi connectivity index (χ2n) is 7.13. The SMILES string of the molecule is CN=C(NCCc1cc(C)ccc1OC)NC1CCN(C(=O)C(C)C)C1. The minimum atomic E-state index is 0.0514. The molecule has 0 aromatic heterocycles. The summed E-state index contributed by atoms with van der Waals surface area (Å²) in [5.74, 6) is 1.97. The van der Waals surface area contributed by atoms with Gasteiger partial charge in [-0.2, -0.15) is 0 Å². The Bertz CT molecular complexity index is 643. The number of aliphatic imine (C=N–C) groups is 1. The van der Waals surface area contributed by atoms with Crippen LogP contribution in [0.5, 0.6) is 5.75 Å². The topological polar surface area (TPSA) is 66.0 Å². The zero-order chi connectivity index (χ0) is 19.1. The molecule has 2 N–H and O–H groups in total. The second kappa shape index (κ2) is 9.46. The molecule has 1 aromatic rings. The number of aryl methyl sites for hydroxylation is 1. The Morgan fingerprint density at radius 2 is 2.19 bits per heavy atom. The zero-order valence-corrected chi connectivity index (χ0v) is 16.6. The summed E-state index contributed by atoms with van der Waals surface area (Å²) in [6.45, 7) is 8.30. The van der Waals surface area contributed by atoms with Gasteiger partial charge in [0.2, 0.25) is 5.91 Å². The summed E-state index contributed by atoms with van der Waals surface area (Å²) in [4.78, 5) is 18.3. The van der Waals surface area contributed by atoms with Crippen LogP contribution in [0.25, 0.3) is 0 Å². The number of likely N-dealkylation sites (tertiary alicyclic amines) is 1. The summed E-state index contributed by atoms with van der Waals surface area (Å²) >= 11 is 0. The van der Waals surface area contributed by atoms with Crippen molar-refractivity contribution in [3.63, 3.8) is 0 Å². The molecule has 1 atom stereocenters. The van der Waals surface area contributed by atoms with Gasteiger partial charge in [0.05, 0.1) is 7.11 Å². The average molecular weight is 361 g/mol. The molecule has 1 amide bonds. The van der Waals surface area contributed by atoms with E-state index in [-0.39, 0.29) is 17.9 Å². The van der Waals surface area contributed by atoms with Crippen LogP contribution in [0.2, 0.25) is 0 Å². The van der Waals surface area contributed by atoms with Crippen LogP contribution < -0.4 is 15.4 Å². The first-order valence-corrected chi connectivity index (χ1v) is 9.34. The number of carbonyl (C=O) groups excluding carboxylic acids is 1. The second-order valence-corrected chi connectivity index (χ2v) is 7.13. The molecule has 26 heavy (non-hydrogen) atoms. The molecule has 0 aliphatic carbocycles. The smallest absolute Gasteiger partial charge is 0.225 e. The predicted octanol–water partition coefficient (Wildman–Crippen LogP) is 1.97. The number of benzene rings is 1.